The van der Waals surface area contributed by atoms with Gasteiger partial charge in [-0.1, -0.05) is 0 Å². The van der Waals surface area contributed by atoms with E-state index in [1.54, 1.807) is 12.1 Å². The molecule has 0 spiro atoms. The molecule has 0 aromatic heterocycles. The van der Waals surface area contributed by atoms with E-state index >= 15 is 0 Å². The first-order valence-corrected chi connectivity index (χ1v) is 6.58. The molecule has 0 bridgehead atoms. The van der Waals surface area contributed by atoms with Crippen LogP contribution < -0.4 is 5.32 Å². The van der Waals surface area contributed by atoms with Gasteiger partial charge in [0.1, 0.15) is 17.6 Å². The second kappa shape index (κ2) is 5.88. The smallest absolute Gasteiger partial charge is 0.255 e. The predicted molar refractivity (Wildman–Crippen MR) is 79.9 cm³/mol. The Labute approximate surface area is 128 Å². The van der Waals surface area contributed by atoms with E-state index in [0.29, 0.717) is 3.57 Å². The summed E-state index contributed by atoms with van der Waals surface area (Å²) >= 11 is 1.94. The summed E-state index contributed by atoms with van der Waals surface area (Å²) in [6.07, 6.45) is 0. The van der Waals surface area contributed by atoms with E-state index in [2.05, 4.69) is 5.32 Å². The van der Waals surface area contributed by atoms with E-state index in [-0.39, 0.29) is 22.6 Å². The molecule has 0 unspecified atom stereocenters. The Morgan fingerprint density at radius 3 is 2.70 bits per heavy atom. The predicted octanol–water partition coefficient (Wildman–Crippen LogP) is 3.26. The number of carbonyl (C=O) groups is 1. The summed E-state index contributed by atoms with van der Waals surface area (Å²) in [5, 5.41) is 21.0. The van der Waals surface area contributed by atoms with Crippen molar-refractivity contribution in [2.75, 3.05) is 5.32 Å². The fraction of sp³-hybridized carbons (Fsp3) is 0. The number of anilines is 1. The maximum atomic E-state index is 13.0. The summed E-state index contributed by atoms with van der Waals surface area (Å²) in [5.74, 6) is -1.04. The molecule has 0 heterocycles. The summed E-state index contributed by atoms with van der Waals surface area (Å²) in [6, 6.07) is 9.80. The van der Waals surface area contributed by atoms with Gasteiger partial charge in [0.05, 0.1) is 14.8 Å². The third-order valence-electron chi connectivity index (χ3n) is 2.56. The van der Waals surface area contributed by atoms with Gasteiger partial charge in [0.15, 0.2) is 0 Å². The van der Waals surface area contributed by atoms with Crippen LogP contribution in [-0.2, 0) is 0 Å². The minimum atomic E-state index is -0.550. The normalized spacial score (nSPS) is 9.85. The number of rotatable bonds is 2. The number of phenols is 1. The molecule has 0 radical (unpaired) electrons. The number of hydrogen-bond donors (Lipinski definition) is 2. The van der Waals surface area contributed by atoms with Crippen LogP contribution in [0, 0.1) is 20.7 Å². The van der Waals surface area contributed by atoms with E-state index in [9.17, 15) is 14.3 Å². The number of amides is 1. The maximum absolute atomic E-state index is 13.0. The van der Waals surface area contributed by atoms with Gasteiger partial charge in [0.2, 0.25) is 0 Å². The average Bonchev–Trinajstić information content (AvgIpc) is 2.43. The molecule has 0 saturated carbocycles. The average molecular weight is 382 g/mol. The SMILES string of the molecule is N#Cc1cc(F)ccc1NC(=O)c1ccc(I)c(O)c1. The van der Waals surface area contributed by atoms with E-state index in [1.807, 2.05) is 28.7 Å². The van der Waals surface area contributed by atoms with Gasteiger partial charge < -0.3 is 10.4 Å². The maximum Gasteiger partial charge on any atom is 0.255 e. The molecule has 1 amide bonds. The van der Waals surface area contributed by atoms with Crippen LogP contribution in [0.3, 0.4) is 0 Å². The van der Waals surface area contributed by atoms with E-state index in [4.69, 9.17) is 5.26 Å². The second-order valence-corrected chi connectivity index (χ2v) is 5.08. The van der Waals surface area contributed by atoms with Crippen molar-refractivity contribution in [3.8, 4) is 11.8 Å². The molecule has 0 aliphatic heterocycles. The molecule has 6 heteroatoms. The van der Waals surface area contributed by atoms with E-state index in [1.165, 1.54) is 12.1 Å². The van der Waals surface area contributed by atoms with E-state index in [0.717, 1.165) is 12.1 Å². The number of aromatic hydroxyl groups is 1. The van der Waals surface area contributed by atoms with Crippen LogP contribution in [0.4, 0.5) is 10.1 Å². The minimum absolute atomic E-state index is 0.00198. The Morgan fingerprint density at radius 1 is 1.30 bits per heavy atom. The second-order valence-electron chi connectivity index (χ2n) is 3.92. The lowest BCUT2D eigenvalue weighted by atomic mass is 10.1. The summed E-state index contributed by atoms with van der Waals surface area (Å²) < 4.78 is 13.6. The molecule has 0 fully saturated rings. The van der Waals surface area contributed by atoms with Gasteiger partial charge >= 0.3 is 0 Å². The molecule has 20 heavy (non-hydrogen) atoms. The van der Waals surface area contributed by atoms with Crippen molar-refractivity contribution in [2.45, 2.75) is 0 Å². The van der Waals surface area contributed by atoms with Crippen LogP contribution in [0.1, 0.15) is 15.9 Å². The zero-order chi connectivity index (χ0) is 14.7. The first kappa shape index (κ1) is 14.3. The monoisotopic (exact) mass is 382 g/mol. The molecular weight excluding hydrogens is 374 g/mol. The number of halogens is 2. The van der Waals surface area contributed by atoms with Gasteiger partial charge in [-0.2, -0.15) is 5.26 Å². The lowest BCUT2D eigenvalue weighted by Gasteiger charge is -2.08. The number of carbonyl (C=O) groups excluding carboxylic acids is 1. The fourth-order valence-corrected chi connectivity index (χ4v) is 1.90. The van der Waals surface area contributed by atoms with Crippen molar-refractivity contribution in [1.82, 2.24) is 0 Å². The molecule has 0 saturated heterocycles. The quantitative estimate of drug-likeness (QED) is 0.784. The van der Waals surface area contributed by atoms with Crippen LogP contribution in [0.25, 0.3) is 0 Å². The summed E-state index contributed by atoms with van der Waals surface area (Å²) in [6.45, 7) is 0. The molecule has 100 valence electrons. The highest BCUT2D eigenvalue weighted by atomic mass is 127. The number of nitrogens with zero attached hydrogens (tertiary/aromatic N) is 1. The first-order valence-electron chi connectivity index (χ1n) is 5.51. The molecule has 2 aromatic carbocycles. The van der Waals surface area contributed by atoms with Gasteiger partial charge in [-0.05, 0) is 59.0 Å². The molecule has 2 rings (SSSR count). The highest BCUT2D eigenvalue weighted by Gasteiger charge is 2.11. The summed E-state index contributed by atoms with van der Waals surface area (Å²) in [4.78, 5) is 12.0. The summed E-state index contributed by atoms with van der Waals surface area (Å²) in [7, 11) is 0. The van der Waals surface area contributed by atoms with Crippen molar-refractivity contribution >= 4 is 34.2 Å². The molecule has 0 aliphatic rings. The Bertz CT molecular complexity index is 726. The molecule has 0 atom stereocenters. The van der Waals surface area contributed by atoms with Crippen LogP contribution >= 0.6 is 22.6 Å². The molecule has 2 N–H and O–H groups in total. The number of benzene rings is 2. The zero-order valence-corrected chi connectivity index (χ0v) is 12.2. The van der Waals surface area contributed by atoms with E-state index < -0.39 is 11.7 Å². The minimum Gasteiger partial charge on any atom is -0.507 e. The Morgan fingerprint density at radius 2 is 2.05 bits per heavy atom. The number of hydrogen-bond acceptors (Lipinski definition) is 3. The Hall–Kier alpha value is -2.14. The van der Waals surface area contributed by atoms with Crippen molar-refractivity contribution in [3.63, 3.8) is 0 Å². The van der Waals surface area contributed by atoms with Crippen molar-refractivity contribution in [1.29, 1.82) is 5.26 Å². The van der Waals surface area contributed by atoms with Crippen molar-refractivity contribution < 1.29 is 14.3 Å². The third-order valence-corrected chi connectivity index (χ3v) is 3.47. The standard InChI is InChI=1S/C14H8FIN2O2/c15-10-2-4-12(9(5-10)7-17)18-14(20)8-1-3-11(16)13(19)6-8/h1-6,19H,(H,18,20). The van der Waals surface area contributed by atoms with Crippen molar-refractivity contribution in [2.24, 2.45) is 0 Å². The van der Waals surface area contributed by atoms with Crippen LogP contribution in [-0.4, -0.2) is 11.0 Å². The number of phenolic OH excluding ortho intramolecular Hbond substituents is 1. The number of nitriles is 1. The topological polar surface area (TPSA) is 73.1 Å². The molecular formula is C14H8FIN2O2. The fourth-order valence-electron chi connectivity index (χ4n) is 1.57. The van der Waals surface area contributed by atoms with Crippen LogP contribution in [0.5, 0.6) is 5.75 Å². The highest BCUT2D eigenvalue weighted by Crippen LogP contribution is 2.22. The zero-order valence-electron chi connectivity index (χ0n) is 10.0. The van der Waals surface area contributed by atoms with Crippen LogP contribution in [0.15, 0.2) is 36.4 Å². The van der Waals surface area contributed by atoms with Gasteiger partial charge in [0.25, 0.3) is 5.91 Å². The molecule has 0 aliphatic carbocycles. The van der Waals surface area contributed by atoms with Crippen LogP contribution in [0.2, 0.25) is 0 Å². The largest absolute Gasteiger partial charge is 0.507 e. The lowest BCUT2D eigenvalue weighted by Crippen LogP contribution is -2.13. The van der Waals surface area contributed by atoms with Crippen molar-refractivity contribution in [3.05, 3.63) is 56.9 Å². The van der Waals surface area contributed by atoms with Gasteiger partial charge in [-0.15, -0.1) is 0 Å². The Kier molecular flexibility index (Phi) is 4.20. The van der Waals surface area contributed by atoms with Gasteiger partial charge in [-0.3, -0.25) is 4.79 Å². The van der Waals surface area contributed by atoms with Gasteiger partial charge in [-0.25, -0.2) is 4.39 Å². The Balaban J connectivity index is 2.28. The van der Waals surface area contributed by atoms with Gasteiger partial charge in [0, 0.05) is 5.56 Å². The highest BCUT2D eigenvalue weighted by molar-refractivity contribution is 14.1. The lowest BCUT2D eigenvalue weighted by molar-refractivity contribution is 0.102. The first-order chi connectivity index (χ1) is 9.51. The molecule has 2 aromatic rings. The third kappa shape index (κ3) is 3.05. The number of nitrogens with one attached hydrogen (secondary N) is 1. The summed E-state index contributed by atoms with van der Waals surface area (Å²) in [5.41, 5.74) is 0.501. The molecule has 4 nitrogen and oxygen atoms in total.